The fourth-order valence-corrected chi connectivity index (χ4v) is 2.71. The highest BCUT2D eigenvalue weighted by atomic mass is 16.3. The van der Waals surface area contributed by atoms with E-state index in [4.69, 9.17) is 4.42 Å². The second-order valence-electron chi connectivity index (χ2n) is 5.43. The molecule has 1 atom stereocenters. The monoisotopic (exact) mass is 251 g/mol. The van der Waals surface area contributed by atoms with Crippen LogP contribution in [-0.2, 0) is 13.1 Å². The summed E-state index contributed by atoms with van der Waals surface area (Å²) in [7, 11) is 6.23. The summed E-state index contributed by atoms with van der Waals surface area (Å²) in [6, 6.07) is 4.86. The Morgan fingerprint density at radius 3 is 2.89 bits per heavy atom. The van der Waals surface area contributed by atoms with E-state index in [0.717, 1.165) is 31.2 Å². The summed E-state index contributed by atoms with van der Waals surface area (Å²) in [6.45, 7) is 4.09. The SMILES string of the molecule is CNCc1ccc(CN2CCCC2CN(C)C)o1. The van der Waals surface area contributed by atoms with Crippen molar-refractivity contribution in [3.05, 3.63) is 23.7 Å². The molecule has 1 fully saturated rings. The maximum absolute atomic E-state index is 5.82. The largest absolute Gasteiger partial charge is 0.463 e. The first-order chi connectivity index (χ1) is 8.69. The topological polar surface area (TPSA) is 31.6 Å². The van der Waals surface area contributed by atoms with Crippen molar-refractivity contribution in [1.82, 2.24) is 15.1 Å². The zero-order valence-corrected chi connectivity index (χ0v) is 11.8. The van der Waals surface area contributed by atoms with Crippen molar-refractivity contribution in [2.45, 2.75) is 32.0 Å². The molecule has 1 aliphatic heterocycles. The Balaban J connectivity index is 1.90. The molecule has 1 aromatic rings. The Morgan fingerprint density at radius 1 is 1.39 bits per heavy atom. The molecule has 0 aromatic carbocycles. The van der Waals surface area contributed by atoms with Gasteiger partial charge in [-0.2, -0.15) is 0 Å². The predicted molar refractivity (Wildman–Crippen MR) is 73.5 cm³/mol. The van der Waals surface area contributed by atoms with E-state index in [1.54, 1.807) is 0 Å². The van der Waals surface area contributed by atoms with Crippen LogP contribution in [0.15, 0.2) is 16.5 Å². The Morgan fingerprint density at radius 2 is 2.17 bits per heavy atom. The molecule has 1 aliphatic rings. The molecule has 102 valence electrons. The molecule has 2 rings (SSSR count). The molecule has 0 spiro atoms. The molecule has 1 saturated heterocycles. The number of hydrogen-bond acceptors (Lipinski definition) is 4. The fourth-order valence-electron chi connectivity index (χ4n) is 2.71. The lowest BCUT2D eigenvalue weighted by molar-refractivity contribution is 0.187. The average molecular weight is 251 g/mol. The van der Waals surface area contributed by atoms with Gasteiger partial charge >= 0.3 is 0 Å². The number of likely N-dealkylation sites (tertiary alicyclic amines) is 1. The Bertz CT molecular complexity index is 362. The van der Waals surface area contributed by atoms with Crippen LogP contribution in [0.1, 0.15) is 24.4 Å². The van der Waals surface area contributed by atoms with Crippen molar-refractivity contribution in [2.24, 2.45) is 0 Å². The van der Waals surface area contributed by atoms with Crippen LogP contribution < -0.4 is 5.32 Å². The van der Waals surface area contributed by atoms with Gasteiger partial charge in [-0.3, -0.25) is 4.90 Å². The van der Waals surface area contributed by atoms with Crippen LogP contribution >= 0.6 is 0 Å². The van der Waals surface area contributed by atoms with E-state index < -0.39 is 0 Å². The summed E-state index contributed by atoms with van der Waals surface area (Å²) in [6.07, 6.45) is 2.62. The van der Waals surface area contributed by atoms with E-state index in [-0.39, 0.29) is 0 Å². The first-order valence-electron chi connectivity index (χ1n) is 6.80. The molecule has 1 aromatic heterocycles. The molecule has 0 amide bonds. The maximum atomic E-state index is 5.82. The first kappa shape index (κ1) is 13.6. The van der Waals surface area contributed by atoms with Gasteiger partial charge in [0.15, 0.2) is 0 Å². The third-order valence-corrected chi connectivity index (χ3v) is 3.50. The van der Waals surface area contributed by atoms with Crippen molar-refractivity contribution in [3.63, 3.8) is 0 Å². The highest BCUT2D eigenvalue weighted by Crippen LogP contribution is 2.21. The van der Waals surface area contributed by atoms with E-state index in [1.807, 2.05) is 7.05 Å². The van der Waals surface area contributed by atoms with Gasteiger partial charge in [-0.25, -0.2) is 0 Å². The van der Waals surface area contributed by atoms with Gasteiger partial charge in [0.2, 0.25) is 0 Å². The van der Waals surface area contributed by atoms with Gasteiger partial charge in [-0.15, -0.1) is 0 Å². The lowest BCUT2D eigenvalue weighted by Gasteiger charge is -2.26. The van der Waals surface area contributed by atoms with E-state index in [1.165, 1.54) is 19.4 Å². The number of nitrogens with one attached hydrogen (secondary N) is 1. The molecule has 4 nitrogen and oxygen atoms in total. The van der Waals surface area contributed by atoms with Crippen molar-refractivity contribution in [2.75, 3.05) is 34.2 Å². The van der Waals surface area contributed by atoms with Crippen molar-refractivity contribution in [1.29, 1.82) is 0 Å². The predicted octanol–water partition coefficient (Wildman–Crippen LogP) is 1.52. The molecule has 0 bridgehead atoms. The molecular formula is C14H25N3O. The summed E-state index contributed by atoms with van der Waals surface area (Å²) >= 11 is 0. The number of rotatable bonds is 6. The second kappa shape index (κ2) is 6.36. The molecule has 1 N–H and O–H groups in total. The first-order valence-corrected chi connectivity index (χ1v) is 6.80. The van der Waals surface area contributed by atoms with Gasteiger partial charge in [-0.05, 0) is 52.7 Å². The minimum atomic E-state index is 0.679. The fraction of sp³-hybridized carbons (Fsp3) is 0.714. The summed E-state index contributed by atoms with van der Waals surface area (Å²) in [4.78, 5) is 4.82. The molecule has 0 aliphatic carbocycles. The van der Waals surface area contributed by atoms with Gasteiger partial charge in [0.1, 0.15) is 11.5 Å². The lowest BCUT2D eigenvalue weighted by atomic mass is 10.2. The normalized spacial score (nSPS) is 21.0. The highest BCUT2D eigenvalue weighted by Gasteiger charge is 2.25. The third kappa shape index (κ3) is 3.57. The molecule has 18 heavy (non-hydrogen) atoms. The molecule has 4 heteroatoms. The number of furan rings is 1. The zero-order valence-electron chi connectivity index (χ0n) is 11.8. The minimum Gasteiger partial charge on any atom is -0.463 e. The standard InChI is InChI=1S/C14H25N3O/c1-15-9-13-6-7-14(18-13)11-17-8-4-5-12(17)10-16(2)3/h6-7,12,15H,4-5,8-11H2,1-3H3. The number of likely N-dealkylation sites (N-methyl/N-ethyl adjacent to an activating group) is 1. The molecular weight excluding hydrogens is 226 g/mol. The van der Waals surface area contributed by atoms with E-state index in [2.05, 4.69) is 41.3 Å². The van der Waals surface area contributed by atoms with Crippen LogP contribution in [0, 0.1) is 0 Å². The lowest BCUT2D eigenvalue weighted by Crippen LogP contribution is -2.36. The summed E-state index contributed by atoms with van der Waals surface area (Å²) in [5.41, 5.74) is 0. The minimum absolute atomic E-state index is 0.679. The van der Waals surface area contributed by atoms with Crippen LogP contribution in [-0.4, -0.2) is 50.1 Å². The van der Waals surface area contributed by atoms with Crippen molar-refractivity contribution >= 4 is 0 Å². The quantitative estimate of drug-likeness (QED) is 0.831. The summed E-state index contributed by atoms with van der Waals surface area (Å²) in [5, 5.41) is 3.11. The average Bonchev–Trinajstić information content (AvgIpc) is 2.90. The van der Waals surface area contributed by atoms with Crippen molar-refractivity contribution < 1.29 is 4.42 Å². The van der Waals surface area contributed by atoms with Crippen LogP contribution in [0.2, 0.25) is 0 Å². The van der Waals surface area contributed by atoms with Gasteiger partial charge < -0.3 is 14.6 Å². The highest BCUT2D eigenvalue weighted by molar-refractivity contribution is 5.07. The second-order valence-corrected chi connectivity index (χ2v) is 5.43. The summed E-state index contributed by atoms with van der Waals surface area (Å²) < 4.78 is 5.82. The van der Waals surface area contributed by atoms with Gasteiger partial charge in [0.25, 0.3) is 0 Å². The zero-order chi connectivity index (χ0) is 13.0. The van der Waals surface area contributed by atoms with E-state index >= 15 is 0 Å². The summed E-state index contributed by atoms with van der Waals surface area (Å²) in [5.74, 6) is 2.11. The van der Waals surface area contributed by atoms with Gasteiger partial charge in [0.05, 0.1) is 13.1 Å². The van der Waals surface area contributed by atoms with E-state index in [0.29, 0.717) is 6.04 Å². The van der Waals surface area contributed by atoms with E-state index in [9.17, 15) is 0 Å². The van der Waals surface area contributed by atoms with Crippen LogP contribution in [0.25, 0.3) is 0 Å². The maximum Gasteiger partial charge on any atom is 0.118 e. The Kier molecular flexibility index (Phi) is 4.80. The Labute approximate surface area is 110 Å². The molecule has 0 saturated carbocycles. The van der Waals surface area contributed by atoms with Crippen LogP contribution in [0.3, 0.4) is 0 Å². The molecule has 1 unspecified atom stereocenters. The van der Waals surface area contributed by atoms with Gasteiger partial charge in [-0.1, -0.05) is 0 Å². The van der Waals surface area contributed by atoms with Gasteiger partial charge in [0, 0.05) is 12.6 Å². The third-order valence-electron chi connectivity index (χ3n) is 3.50. The Hall–Kier alpha value is -0.840. The number of nitrogens with zero attached hydrogens (tertiary/aromatic N) is 2. The molecule has 0 radical (unpaired) electrons. The van der Waals surface area contributed by atoms with Crippen molar-refractivity contribution in [3.8, 4) is 0 Å². The van der Waals surface area contributed by atoms with Crippen LogP contribution in [0.5, 0.6) is 0 Å². The molecule has 2 heterocycles. The smallest absolute Gasteiger partial charge is 0.118 e. The number of hydrogen-bond donors (Lipinski definition) is 1. The van der Waals surface area contributed by atoms with Crippen LogP contribution in [0.4, 0.5) is 0 Å².